The minimum Gasteiger partial charge on any atom is -0.368 e. The maximum Gasteiger partial charge on any atom is 0.132 e. The van der Waals surface area contributed by atoms with Crippen molar-refractivity contribution in [2.24, 2.45) is 0 Å². The van der Waals surface area contributed by atoms with E-state index in [4.69, 9.17) is 0 Å². The largest absolute Gasteiger partial charge is 0.368 e. The number of hydrogen-bond donors (Lipinski definition) is 1. The third-order valence-corrected chi connectivity index (χ3v) is 6.26. The van der Waals surface area contributed by atoms with Crippen LogP contribution >= 0.6 is 11.8 Å². The lowest BCUT2D eigenvalue weighted by Crippen LogP contribution is -2.32. The van der Waals surface area contributed by atoms with Crippen LogP contribution in [-0.4, -0.2) is 27.5 Å². The Hall–Kier alpha value is -0.770. The molecule has 1 N–H and O–H groups in total. The summed E-state index contributed by atoms with van der Waals surface area (Å²) in [5.74, 6) is 1.08. The molecule has 0 amide bonds. The predicted molar refractivity (Wildman–Crippen MR) is 88.6 cm³/mol. The minimum absolute atomic E-state index is 0.322. The number of nitrogens with one attached hydrogen (secondary N) is 1. The summed E-state index contributed by atoms with van der Waals surface area (Å²) in [7, 11) is 0. The van der Waals surface area contributed by atoms with Crippen LogP contribution in [0.25, 0.3) is 0 Å². The molecule has 0 radical (unpaired) electrons. The Kier molecular flexibility index (Phi) is 5.70. The third-order valence-electron chi connectivity index (χ3n) is 4.67. The minimum atomic E-state index is 0.322. The van der Waals surface area contributed by atoms with E-state index in [-0.39, 0.29) is 0 Å². The van der Waals surface area contributed by atoms with E-state index in [1.807, 2.05) is 11.8 Å². The Balaban J connectivity index is 2.13. The molecule has 0 bridgehead atoms. The molecule has 1 aromatic heterocycles. The van der Waals surface area contributed by atoms with E-state index in [0.29, 0.717) is 4.75 Å². The van der Waals surface area contributed by atoms with Gasteiger partial charge in [-0.1, -0.05) is 20.3 Å². The maximum atomic E-state index is 4.51. The van der Waals surface area contributed by atoms with Crippen LogP contribution in [0.2, 0.25) is 0 Å². The molecule has 0 spiro atoms. The number of hydrogen-bond acceptors (Lipinski definition) is 4. The summed E-state index contributed by atoms with van der Waals surface area (Å²) in [5, 5.41) is 3.62. The van der Waals surface area contributed by atoms with Crippen molar-refractivity contribution in [1.29, 1.82) is 0 Å². The van der Waals surface area contributed by atoms with Crippen molar-refractivity contribution in [1.82, 2.24) is 9.97 Å². The Morgan fingerprint density at radius 2 is 1.90 bits per heavy atom. The van der Waals surface area contributed by atoms with E-state index < -0.39 is 0 Å². The number of anilines is 1. The summed E-state index contributed by atoms with van der Waals surface area (Å²) in [6.45, 7) is 5.55. The zero-order chi connectivity index (χ0) is 14.4. The van der Waals surface area contributed by atoms with Crippen molar-refractivity contribution < 1.29 is 0 Å². The zero-order valence-corrected chi connectivity index (χ0v) is 13.9. The fourth-order valence-electron chi connectivity index (χ4n) is 2.96. The van der Waals surface area contributed by atoms with Crippen LogP contribution in [-0.2, 0) is 12.8 Å². The topological polar surface area (TPSA) is 37.8 Å². The fraction of sp³-hybridized carbons (Fsp3) is 0.750. The average molecular weight is 293 g/mol. The maximum absolute atomic E-state index is 4.51. The van der Waals surface area contributed by atoms with Gasteiger partial charge in [0.2, 0.25) is 0 Å². The van der Waals surface area contributed by atoms with Gasteiger partial charge < -0.3 is 5.32 Å². The lowest BCUT2D eigenvalue weighted by Gasteiger charge is -2.30. The van der Waals surface area contributed by atoms with Gasteiger partial charge in [-0.3, -0.25) is 0 Å². The van der Waals surface area contributed by atoms with Gasteiger partial charge >= 0.3 is 0 Å². The third kappa shape index (κ3) is 3.46. The smallest absolute Gasteiger partial charge is 0.132 e. The number of thioether (sulfide) groups is 1. The van der Waals surface area contributed by atoms with Crippen molar-refractivity contribution in [3.8, 4) is 0 Å². The van der Waals surface area contributed by atoms with Gasteiger partial charge in [0, 0.05) is 22.5 Å². The molecule has 1 aromatic rings. The second-order valence-corrected chi connectivity index (χ2v) is 6.93. The molecule has 20 heavy (non-hydrogen) atoms. The first-order chi connectivity index (χ1) is 9.74. The van der Waals surface area contributed by atoms with Gasteiger partial charge in [-0.05, 0) is 44.8 Å². The van der Waals surface area contributed by atoms with Crippen molar-refractivity contribution >= 4 is 17.6 Å². The molecule has 0 saturated carbocycles. The zero-order valence-electron chi connectivity index (χ0n) is 13.0. The molecule has 0 saturated heterocycles. The van der Waals surface area contributed by atoms with Crippen LogP contribution < -0.4 is 5.32 Å². The summed E-state index contributed by atoms with van der Waals surface area (Å²) in [5.41, 5.74) is 2.63. The lowest BCUT2D eigenvalue weighted by molar-refractivity contribution is 0.573. The number of nitrogens with zero attached hydrogens (tertiary/aromatic N) is 2. The quantitative estimate of drug-likeness (QED) is 0.802. The average Bonchev–Trinajstić information content (AvgIpc) is 2.75. The SMILES string of the molecule is CCC(CC)(CNc1ncnc2c1CCCCC2)SC. The van der Waals surface area contributed by atoms with Gasteiger partial charge in [0.05, 0.1) is 0 Å². The van der Waals surface area contributed by atoms with Crippen LogP contribution in [0, 0.1) is 0 Å². The standard InChI is InChI=1S/C16H27N3S/c1-4-16(5-2,20-3)11-17-15-13-9-7-6-8-10-14(13)18-12-19-15/h12H,4-11H2,1-3H3,(H,17,18,19). The van der Waals surface area contributed by atoms with Crippen LogP contribution in [0.5, 0.6) is 0 Å². The molecule has 0 fully saturated rings. The lowest BCUT2D eigenvalue weighted by atomic mass is 10.0. The van der Waals surface area contributed by atoms with E-state index in [1.165, 1.54) is 43.4 Å². The molecule has 3 nitrogen and oxygen atoms in total. The van der Waals surface area contributed by atoms with E-state index in [1.54, 1.807) is 6.33 Å². The molecule has 112 valence electrons. The predicted octanol–water partition coefficient (Wildman–Crippen LogP) is 4.08. The molecular weight excluding hydrogens is 266 g/mol. The Morgan fingerprint density at radius 1 is 1.15 bits per heavy atom. The van der Waals surface area contributed by atoms with Crippen LogP contribution in [0.4, 0.5) is 5.82 Å². The van der Waals surface area contributed by atoms with Crippen LogP contribution in [0.1, 0.15) is 57.2 Å². The molecule has 1 aliphatic rings. The normalized spacial score (nSPS) is 15.6. The van der Waals surface area contributed by atoms with Crippen molar-refractivity contribution in [3.63, 3.8) is 0 Å². The Morgan fingerprint density at radius 3 is 2.60 bits per heavy atom. The van der Waals surface area contributed by atoms with E-state index in [2.05, 4.69) is 35.4 Å². The van der Waals surface area contributed by atoms with Gasteiger partial charge in [0.15, 0.2) is 0 Å². The molecule has 0 unspecified atom stereocenters. The highest BCUT2D eigenvalue weighted by Gasteiger charge is 2.25. The number of aromatic nitrogens is 2. The second-order valence-electron chi connectivity index (χ2n) is 5.66. The van der Waals surface area contributed by atoms with E-state index >= 15 is 0 Å². The summed E-state index contributed by atoms with van der Waals surface area (Å²) in [6.07, 6.45) is 12.4. The molecule has 0 atom stereocenters. The number of aryl methyl sites for hydroxylation is 1. The van der Waals surface area contributed by atoms with Gasteiger partial charge in [-0.15, -0.1) is 0 Å². The van der Waals surface area contributed by atoms with E-state index in [0.717, 1.165) is 25.2 Å². The molecular formula is C16H27N3S. The molecule has 4 heteroatoms. The monoisotopic (exact) mass is 293 g/mol. The highest BCUT2D eigenvalue weighted by atomic mass is 32.2. The number of rotatable bonds is 6. The molecule has 0 aromatic carbocycles. The van der Waals surface area contributed by atoms with Gasteiger partial charge in [-0.2, -0.15) is 11.8 Å². The number of fused-ring (bicyclic) bond motifs is 1. The second kappa shape index (κ2) is 7.30. The molecule has 1 heterocycles. The summed E-state index contributed by atoms with van der Waals surface area (Å²) >= 11 is 1.97. The van der Waals surface area contributed by atoms with Gasteiger partial charge in [0.25, 0.3) is 0 Å². The van der Waals surface area contributed by atoms with Crippen LogP contribution in [0.3, 0.4) is 0 Å². The van der Waals surface area contributed by atoms with Crippen LogP contribution in [0.15, 0.2) is 6.33 Å². The van der Waals surface area contributed by atoms with Crippen molar-refractivity contribution in [2.75, 3.05) is 18.1 Å². The van der Waals surface area contributed by atoms with E-state index in [9.17, 15) is 0 Å². The fourth-order valence-corrected chi connectivity index (χ4v) is 3.75. The molecule has 2 rings (SSSR count). The highest BCUT2D eigenvalue weighted by Crippen LogP contribution is 2.31. The molecule has 1 aliphatic carbocycles. The first-order valence-corrected chi connectivity index (χ1v) is 9.09. The first-order valence-electron chi connectivity index (χ1n) is 7.86. The van der Waals surface area contributed by atoms with Gasteiger partial charge in [-0.25, -0.2) is 9.97 Å². The first kappa shape index (κ1) is 15.6. The van der Waals surface area contributed by atoms with Crippen molar-refractivity contribution in [3.05, 3.63) is 17.6 Å². The highest BCUT2D eigenvalue weighted by molar-refractivity contribution is 8.00. The summed E-state index contributed by atoms with van der Waals surface area (Å²) < 4.78 is 0.322. The summed E-state index contributed by atoms with van der Waals surface area (Å²) in [4.78, 5) is 9.00. The molecule has 0 aliphatic heterocycles. The Labute approximate surface area is 127 Å². The Bertz CT molecular complexity index is 421. The summed E-state index contributed by atoms with van der Waals surface area (Å²) in [6, 6.07) is 0. The van der Waals surface area contributed by atoms with Gasteiger partial charge in [0.1, 0.15) is 12.1 Å². The van der Waals surface area contributed by atoms with Crippen molar-refractivity contribution in [2.45, 2.75) is 63.5 Å².